The minimum atomic E-state index is -0.716. The van der Waals surface area contributed by atoms with Crippen LogP contribution in [0.4, 0.5) is 5.82 Å². The Morgan fingerprint density at radius 1 is 1.06 bits per heavy atom. The number of H-pyrrole nitrogens is 1. The van der Waals surface area contributed by atoms with Crippen molar-refractivity contribution < 1.29 is 0 Å². The van der Waals surface area contributed by atoms with E-state index in [9.17, 15) is 0 Å². The number of aliphatic imine (C=N–C) groups is 1. The maximum atomic E-state index is 4.43. The van der Waals surface area contributed by atoms with Crippen LogP contribution in [0.2, 0.25) is 0 Å². The van der Waals surface area contributed by atoms with Gasteiger partial charge in [-0.2, -0.15) is 0 Å². The Bertz CT molecular complexity index is 582. The van der Waals surface area contributed by atoms with Crippen LogP contribution in [0.1, 0.15) is 5.56 Å². The summed E-state index contributed by atoms with van der Waals surface area (Å²) in [7, 11) is 0. The average Bonchev–Trinajstić information content (AvgIpc) is 3.10. The van der Waals surface area contributed by atoms with Crippen LogP contribution in [-0.2, 0) is 5.66 Å². The molecule has 1 N–H and O–H groups in total. The Balaban J connectivity index is 1.99. The Labute approximate surface area is 105 Å². The molecular formula is C14H12N4. The molecule has 18 heavy (non-hydrogen) atoms. The minimum absolute atomic E-state index is 0.716. The molecule has 2 aromatic rings. The Hall–Kier alpha value is -2.49. The molecule has 0 spiro atoms. The van der Waals surface area contributed by atoms with E-state index in [0.29, 0.717) is 0 Å². The molecule has 0 saturated carbocycles. The highest BCUT2D eigenvalue weighted by Gasteiger charge is 2.29. The smallest absolute Gasteiger partial charge is 0.215 e. The van der Waals surface area contributed by atoms with Crippen molar-refractivity contribution in [3.8, 4) is 0 Å². The number of nitrogens with one attached hydrogen (secondary N) is 1. The van der Waals surface area contributed by atoms with Crippen LogP contribution in [0.15, 0.2) is 76.0 Å². The van der Waals surface area contributed by atoms with Gasteiger partial charge in [0.25, 0.3) is 0 Å². The Morgan fingerprint density at radius 3 is 2.61 bits per heavy atom. The van der Waals surface area contributed by atoms with Crippen LogP contribution in [0.25, 0.3) is 0 Å². The summed E-state index contributed by atoms with van der Waals surface area (Å²) in [6, 6.07) is 13.7. The molecule has 4 heteroatoms. The zero-order chi connectivity index (χ0) is 12.3. The third kappa shape index (κ3) is 1.88. The molecule has 0 bridgehead atoms. The van der Waals surface area contributed by atoms with Crippen molar-refractivity contribution in [1.82, 2.24) is 4.98 Å². The van der Waals surface area contributed by atoms with Crippen molar-refractivity contribution in [2.24, 2.45) is 15.2 Å². The fraction of sp³-hybridized carbons (Fsp3) is 0.0714. The first-order valence-corrected chi connectivity index (χ1v) is 5.74. The second-order valence-electron chi connectivity index (χ2n) is 3.98. The predicted octanol–water partition coefficient (Wildman–Crippen LogP) is 3.59. The van der Waals surface area contributed by atoms with E-state index in [4.69, 9.17) is 0 Å². The van der Waals surface area contributed by atoms with Crippen LogP contribution >= 0.6 is 0 Å². The fourth-order valence-corrected chi connectivity index (χ4v) is 1.86. The van der Waals surface area contributed by atoms with Gasteiger partial charge in [-0.25, -0.2) is 0 Å². The molecule has 0 saturated heterocycles. The summed E-state index contributed by atoms with van der Waals surface area (Å²) in [4.78, 5) is 7.42. The first-order chi connectivity index (χ1) is 8.89. The van der Waals surface area contributed by atoms with Gasteiger partial charge >= 0.3 is 0 Å². The van der Waals surface area contributed by atoms with Gasteiger partial charge in [-0.1, -0.05) is 30.3 Å². The second kappa shape index (κ2) is 4.41. The standard InChI is InChI=1S/C14H12N4/c1-2-6-12(7-3-1)14(9-5-11-16-14)18-17-13-8-4-10-15-13/h1-11,15H. The molecule has 1 unspecified atom stereocenters. The molecule has 1 aromatic heterocycles. The van der Waals surface area contributed by atoms with Crippen LogP contribution in [0, 0.1) is 0 Å². The molecular weight excluding hydrogens is 224 g/mol. The van der Waals surface area contributed by atoms with Crippen LogP contribution in [0.3, 0.4) is 0 Å². The normalized spacial score (nSPS) is 22.0. The number of aromatic amines is 1. The zero-order valence-electron chi connectivity index (χ0n) is 9.69. The van der Waals surface area contributed by atoms with Crippen molar-refractivity contribution in [2.45, 2.75) is 5.66 Å². The van der Waals surface area contributed by atoms with E-state index in [2.05, 4.69) is 20.2 Å². The third-order valence-corrected chi connectivity index (χ3v) is 2.78. The van der Waals surface area contributed by atoms with E-state index in [1.807, 2.05) is 60.8 Å². The fourth-order valence-electron chi connectivity index (χ4n) is 1.86. The highest BCUT2D eigenvalue weighted by Crippen LogP contribution is 2.32. The van der Waals surface area contributed by atoms with Crippen molar-refractivity contribution in [2.75, 3.05) is 0 Å². The van der Waals surface area contributed by atoms with Crippen molar-refractivity contribution in [3.63, 3.8) is 0 Å². The van der Waals surface area contributed by atoms with Gasteiger partial charge in [0.15, 0.2) is 5.82 Å². The molecule has 0 radical (unpaired) electrons. The quantitative estimate of drug-likeness (QED) is 0.792. The van der Waals surface area contributed by atoms with Gasteiger partial charge in [0.05, 0.1) is 0 Å². The minimum Gasteiger partial charge on any atom is -0.345 e. The molecule has 88 valence electrons. The SMILES string of the molecule is C1=CC(N=Nc2ccc[nH]2)(c2ccccc2)N=C1. The summed E-state index contributed by atoms with van der Waals surface area (Å²) >= 11 is 0. The number of hydrogen-bond donors (Lipinski definition) is 1. The lowest BCUT2D eigenvalue weighted by Crippen LogP contribution is -2.14. The van der Waals surface area contributed by atoms with Crippen molar-refractivity contribution in [3.05, 3.63) is 66.4 Å². The summed E-state index contributed by atoms with van der Waals surface area (Å²) in [6.45, 7) is 0. The number of benzene rings is 1. The molecule has 2 heterocycles. The Morgan fingerprint density at radius 2 is 1.94 bits per heavy atom. The van der Waals surface area contributed by atoms with E-state index in [-0.39, 0.29) is 0 Å². The van der Waals surface area contributed by atoms with Crippen LogP contribution in [-0.4, -0.2) is 11.2 Å². The van der Waals surface area contributed by atoms with Gasteiger partial charge in [-0.3, -0.25) is 4.99 Å². The zero-order valence-corrected chi connectivity index (χ0v) is 9.69. The van der Waals surface area contributed by atoms with Crippen LogP contribution < -0.4 is 0 Å². The van der Waals surface area contributed by atoms with E-state index in [0.717, 1.165) is 11.4 Å². The second-order valence-corrected chi connectivity index (χ2v) is 3.98. The molecule has 1 atom stereocenters. The molecule has 1 aliphatic heterocycles. The molecule has 0 fully saturated rings. The van der Waals surface area contributed by atoms with Crippen molar-refractivity contribution >= 4 is 12.0 Å². The van der Waals surface area contributed by atoms with Gasteiger partial charge in [0, 0.05) is 18.0 Å². The first-order valence-electron chi connectivity index (χ1n) is 5.74. The summed E-state index contributed by atoms with van der Waals surface area (Å²) in [5.74, 6) is 0.723. The monoisotopic (exact) mass is 236 g/mol. The number of hydrogen-bond acceptors (Lipinski definition) is 3. The summed E-state index contributed by atoms with van der Waals surface area (Å²) in [5.41, 5.74) is 0.289. The van der Waals surface area contributed by atoms with Crippen molar-refractivity contribution in [1.29, 1.82) is 0 Å². The average molecular weight is 236 g/mol. The number of aromatic nitrogens is 1. The molecule has 1 aliphatic rings. The van der Waals surface area contributed by atoms with Gasteiger partial charge in [-0.15, -0.1) is 10.2 Å². The number of allylic oxidation sites excluding steroid dienone is 1. The van der Waals surface area contributed by atoms with Gasteiger partial charge < -0.3 is 4.98 Å². The number of azo groups is 1. The third-order valence-electron chi connectivity index (χ3n) is 2.78. The molecule has 1 aromatic carbocycles. The highest BCUT2D eigenvalue weighted by molar-refractivity contribution is 5.75. The molecule has 3 rings (SSSR count). The maximum absolute atomic E-state index is 4.43. The molecule has 0 aliphatic carbocycles. The van der Waals surface area contributed by atoms with Gasteiger partial charge in [0.2, 0.25) is 5.66 Å². The molecule has 4 nitrogen and oxygen atoms in total. The van der Waals surface area contributed by atoms with E-state index in [1.165, 1.54) is 0 Å². The van der Waals surface area contributed by atoms with Gasteiger partial charge in [0.1, 0.15) is 0 Å². The summed E-state index contributed by atoms with van der Waals surface area (Å²) in [6.07, 6.45) is 7.40. The molecule has 0 amide bonds. The van der Waals surface area contributed by atoms with E-state index >= 15 is 0 Å². The lowest BCUT2D eigenvalue weighted by molar-refractivity contribution is 0.577. The topological polar surface area (TPSA) is 52.9 Å². The predicted molar refractivity (Wildman–Crippen MR) is 71.1 cm³/mol. The van der Waals surface area contributed by atoms with E-state index < -0.39 is 5.66 Å². The maximum Gasteiger partial charge on any atom is 0.215 e. The lowest BCUT2D eigenvalue weighted by atomic mass is 10.0. The Kier molecular flexibility index (Phi) is 2.61. The van der Waals surface area contributed by atoms with Gasteiger partial charge in [-0.05, 0) is 24.3 Å². The summed E-state index contributed by atoms with van der Waals surface area (Å²) in [5, 5.41) is 8.58. The highest BCUT2D eigenvalue weighted by atomic mass is 15.3. The summed E-state index contributed by atoms with van der Waals surface area (Å²) < 4.78 is 0. The number of nitrogens with zero attached hydrogens (tertiary/aromatic N) is 3. The van der Waals surface area contributed by atoms with E-state index in [1.54, 1.807) is 6.21 Å². The number of rotatable bonds is 3. The largest absolute Gasteiger partial charge is 0.345 e. The first kappa shape index (κ1) is 10.7. The lowest BCUT2D eigenvalue weighted by Gasteiger charge is -2.17. The van der Waals surface area contributed by atoms with Crippen LogP contribution in [0.5, 0.6) is 0 Å².